The Bertz CT molecular complexity index is 626. The van der Waals surface area contributed by atoms with Gasteiger partial charge in [0.1, 0.15) is 23.2 Å². The first-order valence-electron chi connectivity index (χ1n) is 6.96. The molecule has 118 valence electrons. The summed E-state index contributed by atoms with van der Waals surface area (Å²) in [5.41, 5.74) is -1.39. The molecule has 0 aromatic heterocycles. The van der Waals surface area contributed by atoms with Crippen LogP contribution in [0.3, 0.4) is 0 Å². The number of fused-ring (bicyclic) bond motifs is 1. The average molecular weight is 308 g/mol. The molecule has 1 saturated heterocycles. The van der Waals surface area contributed by atoms with Gasteiger partial charge in [-0.3, -0.25) is 9.59 Å². The van der Waals surface area contributed by atoms with Gasteiger partial charge in [-0.2, -0.15) is 0 Å². The summed E-state index contributed by atoms with van der Waals surface area (Å²) in [4.78, 5) is 23.9. The number of ether oxygens (including phenoxy) is 2. The maximum absolute atomic E-state index is 12.4. The van der Waals surface area contributed by atoms with Crippen molar-refractivity contribution < 1.29 is 34.4 Å². The summed E-state index contributed by atoms with van der Waals surface area (Å²) in [6.07, 6.45) is -1.16. The minimum absolute atomic E-state index is 0.00731. The number of aliphatic hydroxyl groups is 2. The summed E-state index contributed by atoms with van der Waals surface area (Å²) >= 11 is 0. The predicted octanol–water partition coefficient (Wildman–Crippen LogP) is 0.0125. The van der Waals surface area contributed by atoms with Crippen LogP contribution in [0.5, 0.6) is 11.5 Å². The summed E-state index contributed by atoms with van der Waals surface area (Å²) in [7, 11) is 0. The van der Waals surface area contributed by atoms with Crippen LogP contribution in [0.25, 0.3) is 0 Å². The van der Waals surface area contributed by atoms with Crippen LogP contribution in [0.1, 0.15) is 23.2 Å². The lowest BCUT2D eigenvalue weighted by atomic mass is 9.80. The normalized spacial score (nSPS) is 30.6. The molecule has 7 heteroatoms. The Morgan fingerprint density at radius 1 is 1.27 bits per heavy atom. The molecule has 2 aliphatic heterocycles. The van der Waals surface area contributed by atoms with Crippen molar-refractivity contribution in [1.82, 2.24) is 0 Å². The van der Waals surface area contributed by atoms with E-state index in [1.165, 1.54) is 18.2 Å². The topological polar surface area (TPSA) is 113 Å². The SMILES string of the molecule is O=C1CC(CO)C(C2(CO)CC(=O)c3c(O)cccc3O2)O1. The second-order valence-corrected chi connectivity index (χ2v) is 5.63. The van der Waals surface area contributed by atoms with Gasteiger partial charge in [0.2, 0.25) is 0 Å². The van der Waals surface area contributed by atoms with Gasteiger partial charge >= 0.3 is 5.97 Å². The van der Waals surface area contributed by atoms with Crippen molar-refractivity contribution in [2.45, 2.75) is 24.5 Å². The van der Waals surface area contributed by atoms with Gasteiger partial charge in [0.15, 0.2) is 11.4 Å². The number of ketones is 1. The van der Waals surface area contributed by atoms with Crippen molar-refractivity contribution in [2.75, 3.05) is 13.2 Å². The van der Waals surface area contributed by atoms with Gasteiger partial charge in [-0.25, -0.2) is 0 Å². The largest absolute Gasteiger partial charge is 0.507 e. The third-order valence-electron chi connectivity index (χ3n) is 4.19. The number of hydrogen-bond acceptors (Lipinski definition) is 7. The first kappa shape index (κ1) is 14.8. The number of cyclic esters (lactones) is 1. The molecule has 22 heavy (non-hydrogen) atoms. The Morgan fingerprint density at radius 2 is 2.05 bits per heavy atom. The van der Waals surface area contributed by atoms with E-state index >= 15 is 0 Å². The van der Waals surface area contributed by atoms with Gasteiger partial charge in [-0.05, 0) is 12.1 Å². The first-order chi connectivity index (χ1) is 10.5. The number of phenolic OH excluding ortho intramolecular Hbond substituents is 1. The summed E-state index contributed by atoms with van der Waals surface area (Å²) in [6, 6.07) is 4.39. The van der Waals surface area contributed by atoms with E-state index in [0.29, 0.717) is 0 Å². The van der Waals surface area contributed by atoms with Gasteiger partial charge in [0, 0.05) is 5.92 Å². The van der Waals surface area contributed by atoms with Crippen LogP contribution in [0.15, 0.2) is 18.2 Å². The van der Waals surface area contributed by atoms with Crippen molar-refractivity contribution in [3.63, 3.8) is 0 Å². The van der Waals surface area contributed by atoms with E-state index < -0.39 is 36.0 Å². The molecular weight excluding hydrogens is 292 g/mol. The van der Waals surface area contributed by atoms with Gasteiger partial charge in [0.05, 0.1) is 26.1 Å². The van der Waals surface area contributed by atoms with Crippen molar-refractivity contribution in [2.24, 2.45) is 5.92 Å². The number of hydrogen-bond donors (Lipinski definition) is 3. The fourth-order valence-corrected chi connectivity index (χ4v) is 3.14. The van der Waals surface area contributed by atoms with Crippen LogP contribution < -0.4 is 4.74 Å². The molecule has 0 aliphatic carbocycles. The predicted molar refractivity (Wildman–Crippen MR) is 72.6 cm³/mol. The van der Waals surface area contributed by atoms with Crippen LogP contribution in [0.4, 0.5) is 0 Å². The Morgan fingerprint density at radius 3 is 2.73 bits per heavy atom. The van der Waals surface area contributed by atoms with Crippen molar-refractivity contribution in [3.05, 3.63) is 23.8 Å². The van der Waals surface area contributed by atoms with Crippen LogP contribution in [-0.2, 0) is 9.53 Å². The molecular formula is C15H16O7. The lowest BCUT2D eigenvalue weighted by Gasteiger charge is -2.41. The minimum atomic E-state index is -1.45. The molecule has 3 rings (SSSR count). The second kappa shape index (κ2) is 5.26. The highest BCUT2D eigenvalue weighted by atomic mass is 16.6. The molecule has 0 spiro atoms. The van der Waals surface area contributed by atoms with E-state index in [1.54, 1.807) is 0 Å². The number of rotatable bonds is 3. The van der Waals surface area contributed by atoms with Crippen molar-refractivity contribution in [1.29, 1.82) is 0 Å². The molecule has 3 N–H and O–H groups in total. The smallest absolute Gasteiger partial charge is 0.306 e. The third-order valence-corrected chi connectivity index (χ3v) is 4.19. The zero-order chi connectivity index (χ0) is 15.9. The number of benzene rings is 1. The summed E-state index contributed by atoms with van der Waals surface area (Å²) in [5, 5.41) is 29.0. The van der Waals surface area contributed by atoms with Gasteiger partial charge < -0.3 is 24.8 Å². The molecule has 2 aliphatic rings. The molecule has 7 nitrogen and oxygen atoms in total. The second-order valence-electron chi connectivity index (χ2n) is 5.63. The van der Waals surface area contributed by atoms with E-state index in [2.05, 4.69) is 0 Å². The molecule has 0 bridgehead atoms. The lowest BCUT2D eigenvalue weighted by molar-refractivity contribution is -0.157. The Labute approximate surface area is 126 Å². The maximum Gasteiger partial charge on any atom is 0.306 e. The summed E-state index contributed by atoms with van der Waals surface area (Å²) in [5.74, 6) is -1.53. The Hall–Kier alpha value is -2.12. The monoisotopic (exact) mass is 308 g/mol. The van der Waals surface area contributed by atoms with E-state index in [0.717, 1.165) is 0 Å². The fraction of sp³-hybridized carbons (Fsp3) is 0.467. The molecule has 0 amide bonds. The molecule has 1 aromatic rings. The number of esters is 1. The molecule has 3 unspecified atom stereocenters. The highest BCUT2D eigenvalue weighted by Crippen LogP contribution is 2.43. The van der Waals surface area contributed by atoms with Crippen LogP contribution in [-0.4, -0.2) is 52.0 Å². The Kier molecular flexibility index (Phi) is 3.54. The standard InChI is InChI=1S/C15H16O7/c16-6-8-4-12(20)21-14(8)15(7-17)5-10(19)13-9(18)2-1-3-11(13)22-15/h1-3,8,14,16-18H,4-7H2. The molecule has 3 atom stereocenters. The number of carbonyl (C=O) groups is 2. The summed E-state index contributed by atoms with van der Waals surface area (Å²) in [6.45, 7) is -0.870. The van der Waals surface area contributed by atoms with Crippen LogP contribution >= 0.6 is 0 Å². The molecule has 0 radical (unpaired) electrons. The summed E-state index contributed by atoms with van der Waals surface area (Å²) < 4.78 is 11.0. The number of carbonyl (C=O) groups excluding carboxylic acids is 2. The average Bonchev–Trinajstić information content (AvgIpc) is 2.88. The van der Waals surface area contributed by atoms with Gasteiger partial charge in [0.25, 0.3) is 0 Å². The number of aliphatic hydroxyl groups excluding tert-OH is 2. The third kappa shape index (κ3) is 2.13. The van der Waals surface area contributed by atoms with Crippen molar-refractivity contribution in [3.8, 4) is 11.5 Å². The highest BCUT2D eigenvalue weighted by Gasteiger charge is 2.55. The van der Waals surface area contributed by atoms with Crippen LogP contribution in [0.2, 0.25) is 0 Å². The Balaban J connectivity index is 2.02. The van der Waals surface area contributed by atoms with Crippen LogP contribution in [0, 0.1) is 5.92 Å². The van der Waals surface area contributed by atoms with E-state index in [9.17, 15) is 24.9 Å². The quantitative estimate of drug-likeness (QED) is 0.674. The first-order valence-corrected chi connectivity index (χ1v) is 6.96. The van der Waals surface area contributed by atoms with Crippen molar-refractivity contribution >= 4 is 11.8 Å². The minimum Gasteiger partial charge on any atom is -0.507 e. The number of aromatic hydroxyl groups is 1. The lowest BCUT2D eigenvalue weighted by Crippen LogP contribution is -2.57. The van der Waals surface area contributed by atoms with E-state index in [4.69, 9.17) is 9.47 Å². The van der Waals surface area contributed by atoms with E-state index in [1.807, 2.05) is 0 Å². The number of phenols is 1. The fourth-order valence-electron chi connectivity index (χ4n) is 3.14. The zero-order valence-electron chi connectivity index (χ0n) is 11.7. The van der Waals surface area contributed by atoms with E-state index in [-0.39, 0.29) is 36.5 Å². The molecule has 0 saturated carbocycles. The highest BCUT2D eigenvalue weighted by molar-refractivity contribution is 6.02. The van der Waals surface area contributed by atoms with Gasteiger partial charge in [-0.1, -0.05) is 6.07 Å². The zero-order valence-corrected chi connectivity index (χ0v) is 11.7. The van der Waals surface area contributed by atoms with Gasteiger partial charge in [-0.15, -0.1) is 0 Å². The molecule has 1 fully saturated rings. The number of Topliss-reactive ketones (excluding diaryl/α,β-unsaturated/α-hetero) is 1. The maximum atomic E-state index is 12.4. The molecule has 1 aromatic carbocycles. The molecule has 2 heterocycles.